The summed E-state index contributed by atoms with van der Waals surface area (Å²) in [6.07, 6.45) is 21.5. The number of allylic oxidation sites excluding steroid dienone is 8. The van der Waals surface area contributed by atoms with Crippen molar-refractivity contribution in [2.45, 2.75) is 26.2 Å². The van der Waals surface area contributed by atoms with Crippen molar-refractivity contribution in [2.75, 3.05) is 9.80 Å². The highest BCUT2D eigenvalue weighted by molar-refractivity contribution is 5.80. The number of nitrogens with zero attached hydrogens (tertiary/aromatic N) is 2. The lowest BCUT2D eigenvalue weighted by atomic mass is 9.92. The average molecular weight is 609 g/mol. The Kier molecular flexibility index (Phi) is 9.10. The standard InChI is InChI=1S/C45H40N2/c1-35-17-29-43(30-18-35)47(42-15-9-4-10-16-42)45-33-27-39(28-34-45)38-25-21-36(22-26-38)19-20-37-23-31-44(32-24-37)46(40-11-5-2-6-12-40)41-13-7-3-8-14-41/h2,4-7,9-21,23-34,36H,3,8,22H2,1H3/b20-19+. The molecule has 0 saturated carbocycles. The fourth-order valence-corrected chi connectivity index (χ4v) is 6.27. The summed E-state index contributed by atoms with van der Waals surface area (Å²) >= 11 is 0. The van der Waals surface area contributed by atoms with E-state index in [-0.39, 0.29) is 0 Å². The van der Waals surface area contributed by atoms with Gasteiger partial charge in [-0.25, -0.2) is 0 Å². The van der Waals surface area contributed by atoms with Crippen molar-refractivity contribution in [3.63, 3.8) is 0 Å². The first-order chi connectivity index (χ1) is 23.2. The van der Waals surface area contributed by atoms with Crippen LogP contribution in [0, 0.1) is 12.8 Å². The van der Waals surface area contributed by atoms with E-state index in [0.29, 0.717) is 5.92 Å². The first kappa shape index (κ1) is 30.1. The van der Waals surface area contributed by atoms with Crippen LogP contribution in [-0.2, 0) is 0 Å². The summed E-state index contributed by atoms with van der Waals surface area (Å²) in [4.78, 5) is 4.65. The van der Waals surface area contributed by atoms with E-state index in [4.69, 9.17) is 0 Å². The molecule has 0 amide bonds. The molecule has 0 bridgehead atoms. The molecule has 1 unspecified atom stereocenters. The minimum atomic E-state index is 0.381. The van der Waals surface area contributed by atoms with Gasteiger partial charge in [-0.3, -0.25) is 0 Å². The van der Waals surface area contributed by atoms with Gasteiger partial charge in [-0.2, -0.15) is 0 Å². The molecule has 7 rings (SSSR count). The van der Waals surface area contributed by atoms with Crippen LogP contribution in [-0.4, -0.2) is 0 Å². The average Bonchev–Trinajstić information content (AvgIpc) is 3.14. The zero-order valence-corrected chi connectivity index (χ0v) is 26.9. The van der Waals surface area contributed by atoms with Crippen LogP contribution in [0.2, 0.25) is 0 Å². The summed E-state index contributed by atoms with van der Waals surface area (Å²) < 4.78 is 0. The third kappa shape index (κ3) is 7.13. The molecule has 2 heteroatoms. The highest BCUT2D eigenvalue weighted by atomic mass is 15.1. The van der Waals surface area contributed by atoms with Gasteiger partial charge in [0.15, 0.2) is 0 Å². The minimum absolute atomic E-state index is 0.381. The molecule has 0 spiro atoms. The van der Waals surface area contributed by atoms with E-state index >= 15 is 0 Å². The van der Waals surface area contributed by atoms with E-state index in [2.05, 4.69) is 199 Å². The molecule has 0 fully saturated rings. The van der Waals surface area contributed by atoms with E-state index in [1.54, 1.807) is 0 Å². The lowest BCUT2D eigenvalue weighted by molar-refractivity contribution is 0.829. The van der Waals surface area contributed by atoms with Crippen LogP contribution < -0.4 is 9.80 Å². The second-order valence-corrected chi connectivity index (χ2v) is 12.2. The van der Waals surface area contributed by atoms with Gasteiger partial charge in [-0.05, 0) is 116 Å². The summed E-state index contributed by atoms with van der Waals surface area (Å²) in [7, 11) is 0. The number of aryl methyl sites for hydroxylation is 1. The van der Waals surface area contributed by atoms with Crippen LogP contribution in [0.1, 0.15) is 36.0 Å². The van der Waals surface area contributed by atoms with Gasteiger partial charge in [0.2, 0.25) is 0 Å². The summed E-state index contributed by atoms with van der Waals surface area (Å²) in [5, 5.41) is 0. The van der Waals surface area contributed by atoms with Gasteiger partial charge >= 0.3 is 0 Å². The monoisotopic (exact) mass is 608 g/mol. The summed E-state index contributed by atoms with van der Waals surface area (Å²) in [5.41, 5.74) is 12.0. The molecule has 2 aliphatic carbocycles. The molecular weight excluding hydrogens is 569 g/mol. The zero-order chi connectivity index (χ0) is 31.8. The Morgan fingerprint density at radius 2 is 1.13 bits per heavy atom. The lowest BCUT2D eigenvalue weighted by Gasteiger charge is -2.27. The van der Waals surface area contributed by atoms with Crippen molar-refractivity contribution in [2.24, 2.45) is 5.92 Å². The third-order valence-corrected chi connectivity index (χ3v) is 8.83. The number of hydrogen-bond acceptors (Lipinski definition) is 2. The lowest BCUT2D eigenvalue weighted by Crippen LogP contribution is -2.16. The fourth-order valence-electron chi connectivity index (χ4n) is 6.27. The van der Waals surface area contributed by atoms with Crippen LogP contribution >= 0.6 is 0 Å². The second kappa shape index (κ2) is 14.2. The van der Waals surface area contributed by atoms with Gasteiger partial charge in [0.1, 0.15) is 0 Å². The molecule has 0 N–H and O–H groups in total. The molecular formula is C45H40N2. The molecule has 5 aromatic rings. The zero-order valence-electron chi connectivity index (χ0n) is 26.9. The molecule has 0 saturated heterocycles. The van der Waals surface area contributed by atoms with E-state index < -0.39 is 0 Å². The molecule has 0 aliphatic heterocycles. The normalized spacial score (nSPS) is 15.7. The Bertz CT molecular complexity index is 1930. The molecule has 0 radical (unpaired) electrons. The molecule has 0 aromatic heterocycles. The Labute approximate surface area is 279 Å². The molecule has 2 aliphatic rings. The van der Waals surface area contributed by atoms with Crippen molar-refractivity contribution >= 4 is 40.1 Å². The summed E-state index contributed by atoms with van der Waals surface area (Å²) in [6.45, 7) is 2.13. The van der Waals surface area contributed by atoms with E-state index in [1.807, 2.05) is 0 Å². The highest BCUT2D eigenvalue weighted by Crippen LogP contribution is 2.36. The van der Waals surface area contributed by atoms with Crippen LogP contribution in [0.25, 0.3) is 11.6 Å². The van der Waals surface area contributed by atoms with Gasteiger partial charge in [-0.15, -0.1) is 0 Å². The quantitative estimate of drug-likeness (QED) is 0.164. The second-order valence-electron chi connectivity index (χ2n) is 12.2. The largest absolute Gasteiger partial charge is 0.311 e. The Morgan fingerprint density at radius 1 is 0.553 bits per heavy atom. The topological polar surface area (TPSA) is 6.48 Å². The summed E-state index contributed by atoms with van der Waals surface area (Å²) in [6, 6.07) is 47.8. The minimum Gasteiger partial charge on any atom is -0.311 e. The number of para-hydroxylation sites is 2. The van der Waals surface area contributed by atoms with Crippen LogP contribution in [0.15, 0.2) is 182 Å². The molecule has 2 nitrogen and oxygen atoms in total. The predicted molar refractivity (Wildman–Crippen MR) is 202 cm³/mol. The number of hydrogen-bond donors (Lipinski definition) is 0. The Hall–Kier alpha value is -5.60. The smallest absolute Gasteiger partial charge is 0.0462 e. The van der Waals surface area contributed by atoms with Crippen LogP contribution in [0.5, 0.6) is 0 Å². The molecule has 0 heterocycles. The van der Waals surface area contributed by atoms with Crippen molar-refractivity contribution in [1.82, 2.24) is 0 Å². The van der Waals surface area contributed by atoms with E-state index in [9.17, 15) is 0 Å². The van der Waals surface area contributed by atoms with Crippen molar-refractivity contribution in [3.8, 4) is 0 Å². The maximum Gasteiger partial charge on any atom is 0.0462 e. The van der Waals surface area contributed by atoms with Gasteiger partial charge < -0.3 is 9.80 Å². The Balaban J connectivity index is 1.02. The van der Waals surface area contributed by atoms with Gasteiger partial charge in [0.05, 0.1) is 0 Å². The number of rotatable bonds is 9. The first-order valence-electron chi connectivity index (χ1n) is 16.6. The fraction of sp³-hybridized carbons (Fsp3) is 0.111. The number of anilines is 5. The van der Waals surface area contributed by atoms with Crippen LogP contribution in [0.4, 0.5) is 28.4 Å². The van der Waals surface area contributed by atoms with Gasteiger partial charge in [0, 0.05) is 34.1 Å². The molecule has 47 heavy (non-hydrogen) atoms. The highest BCUT2D eigenvalue weighted by Gasteiger charge is 2.15. The molecule has 5 aromatic carbocycles. The third-order valence-electron chi connectivity index (χ3n) is 8.83. The van der Waals surface area contributed by atoms with Crippen molar-refractivity contribution in [3.05, 3.63) is 198 Å². The maximum absolute atomic E-state index is 2.37. The first-order valence-corrected chi connectivity index (χ1v) is 16.6. The SMILES string of the molecule is Cc1ccc(N(c2ccccc2)c2ccc(C3=CCC(/C=C/c4ccc(N(C5=CCCC=C5)c5ccccc5)cc4)C=C3)cc2)cc1. The van der Waals surface area contributed by atoms with Crippen molar-refractivity contribution in [1.29, 1.82) is 0 Å². The maximum atomic E-state index is 2.37. The van der Waals surface area contributed by atoms with E-state index in [0.717, 1.165) is 36.3 Å². The molecule has 1 atom stereocenters. The van der Waals surface area contributed by atoms with Crippen molar-refractivity contribution < 1.29 is 0 Å². The summed E-state index contributed by atoms with van der Waals surface area (Å²) in [5.74, 6) is 0.381. The molecule has 230 valence electrons. The van der Waals surface area contributed by atoms with E-state index in [1.165, 1.54) is 39.3 Å². The van der Waals surface area contributed by atoms with Crippen LogP contribution in [0.3, 0.4) is 0 Å². The van der Waals surface area contributed by atoms with Gasteiger partial charge in [0.25, 0.3) is 0 Å². The van der Waals surface area contributed by atoms with Gasteiger partial charge in [-0.1, -0.05) is 121 Å². The predicted octanol–water partition coefficient (Wildman–Crippen LogP) is 12.5. The number of benzene rings is 5. The Morgan fingerprint density at radius 3 is 1.72 bits per heavy atom.